The molecule has 2 heterocycles. The lowest BCUT2D eigenvalue weighted by Gasteiger charge is -2.35. The highest BCUT2D eigenvalue weighted by atomic mass is 16.2. The molecule has 0 saturated carbocycles. The molecule has 8 heteroatoms. The molecule has 3 amide bonds. The van der Waals surface area contributed by atoms with Crippen molar-refractivity contribution in [3.8, 4) is 5.69 Å². The van der Waals surface area contributed by atoms with Gasteiger partial charge in [0.1, 0.15) is 5.82 Å². The number of hydrogen-bond acceptors (Lipinski definition) is 5. The molecule has 0 radical (unpaired) electrons. The molecular weight excluding hydrogens is 430 g/mol. The summed E-state index contributed by atoms with van der Waals surface area (Å²) in [7, 11) is 0. The number of para-hydroxylation sites is 1. The Morgan fingerprint density at radius 2 is 1.85 bits per heavy atom. The van der Waals surface area contributed by atoms with Crippen LogP contribution in [-0.2, 0) is 15.0 Å². The average molecular weight is 460 g/mol. The van der Waals surface area contributed by atoms with Crippen LogP contribution in [0, 0.1) is 6.92 Å². The maximum absolute atomic E-state index is 12.9. The van der Waals surface area contributed by atoms with Gasteiger partial charge < -0.3 is 5.32 Å². The smallest absolute Gasteiger partial charge is 0.295 e. The fraction of sp³-hybridized carbons (Fsp3) is 0.346. The van der Waals surface area contributed by atoms with Gasteiger partial charge in [-0.15, -0.1) is 5.10 Å². The molecule has 1 atom stereocenters. The van der Waals surface area contributed by atoms with E-state index in [-0.39, 0.29) is 17.6 Å². The van der Waals surface area contributed by atoms with Crippen LogP contribution in [0.3, 0.4) is 0 Å². The predicted molar refractivity (Wildman–Crippen MR) is 129 cm³/mol. The molecule has 3 aromatic rings. The molecule has 1 unspecified atom stereocenters. The molecule has 1 aromatic heterocycles. The van der Waals surface area contributed by atoms with Crippen molar-refractivity contribution < 1.29 is 14.4 Å². The summed E-state index contributed by atoms with van der Waals surface area (Å²) in [4.78, 5) is 41.4. The molecule has 1 fully saturated rings. The molecule has 0 spiro atoms. The number of benzene rings is 2. The summed E-state index contributed by atoms with van der Waals surface area (Å²) in [6.07, 6.45) is 1.36. The van der Waals surface area contributed by atoms with Crippen molar-refractivity contribution in [2.75, 3.05) is 5.32 Å². The van der Waals surface area contributed by atoms with E-state index in [2.05, 4.69) is 34.6 Å². The Bertz CT molecular complexity index is 1250. The second kappa shape index (κ2) is 9.21. The topological polar surface area (TPSA) is 106 Å². The number of nitrogens with one attached hydrogen (secondary N) is 2. The second-order valence-corrected chi connectivity index (χ2v) is 8.95. The second-order valence-electron chi connectivity index (χ2n) is 8.95. The van der Waals surface area contributed by atoms with Gasteiger partial charge in [0.05, 0.1) is 11.1 Å². The van der Waals surface area contributed by atoms with E-state index in [1.54, 1.807) is 16.8 Å². The van der Waals surface area contributed by atoms with Gasteiger partial charge in [-0.25, -0.2) is 9.67 Å². The number of aryl methyl sites for hydroxylation is 1. The normalized spacial score (nSPS) is 18.1. The first kappa shape index (κ1) is 23.4. The summed E-state index contributed by atoms with van der Waals surface area (Å²) in [5, 5.41) is 9.75. The first-order valence-electron chi connectivity index (χ1n) is 11.5. The summed E-state index contributed by atoms with van der Waals surface area (Å²) in [5.41, 5.74) is 2.68. The van der Waals surface area contributed by atoms with Gasteiger partial charge in [-0.3, -0.25) is 19.7 Å². The zero-order valence-corrected chi connectivity index (χ0v) is 19.9. The Morgan fingerprint density at radius 1 is 1.15 bits per heavy atom. The zero-order chi connectivity index (χ0) is 24.5. The minimum atomic E-state index is -0.738. The molecule has 34 heavy (non-hydrogen) atoms. The number of amides is 3. The van der Waals surface area contributed by atoms with Crippen molar-refractivity contribution in [3.05, 3.63) is 71.3 Å². The minimum Gasteiger partial charge on any atom is -0.319 e. The van der Waals surface area contributed by atoms with Crippen molar-refractivity contribution in [1.82, 2.24) is 20.1 Å². The first-order valence-corrected chi connectivity index (χ1v) is 11.5. The molecule has 1 aliphatic heterocycles. The quantitative estimate of drug-likeness (QED) is 0.541. The molecule has 4 rings (SSSR count). The van der Waals surface area contributed by atoms with E-state index in [9.17, 15) is 14.4 Å². The average Bonchev–Trinajstić information content (AvgIpc) is 3.22. The minimum absolute atomic E-state index is 0.0790. The number of carbonyl (C=O) groups is 3. The van der Waals surface area contributed by atoms with E-state index in [1.165, 1.54) is 0 Å². The fourth-order valence-corrected chi connectivity index (χ4v) is 4.51. The molecule has 2 aromatic carbocycles. The Balaban J connectivity index is 1.54. The fourth-order valence-electron chi connectivity index (χ4n) is 4.51. The number of hydrogen-bond donors (Lipinski definition) is 2. The number of imide groups is 1. The third-order valence-electron chi connectivity index (χ3n) is 6.52. The predicted octanol–water partition coefficient (Wildman–Crippen LogP) is 4.04. The molecular formula is C26H29N5O3. The maximum atomic E-state index is 12.9. The van der Waals surface area contributed by atoms with E-state index < -0.39 is 11.3 Å². The summed E-state index contributed by atoms with van der Waals surface area (Å²) < 4.78 is 1.70. The van der Waals surface area contributed by atoms with Gasteiger partial charge in [0.2, 0.25) is 17.6 Å². The highest BCUT2D eigenvalue weighted by molar-refractivity contribution is 6.04. The third-order valence-corrected chi connectivity index (χ3v) is 6.52. The summed E-state index contributed by atoms with van der Waals surface area (Å²) in [6, 6.07) is 15.1. The lowest BCUT2D eigenvalue weighted by molar-refractivity contribution is -0.138. The Labute approximate surface area is 198 Å². The van der Waals surface area contributed by atoms with Crippen molar-refractivity contribution in [3.63, 3.8) is 0 Å². The number of anilines is 1. The van der Waals surface area contributed by atoms with E-state index in [0.29, 0.717) is 36.7 Å². The number of rotatable bonds is 6. The van der Waals surface area contributed by atoms with Crippen LogP contribution in [0.1, 0.15) is 73.5 Å². The monoisotopic (exact) mass is 459 g/mol. The number of nitrogens with zero attached hydrogens (tertiary/aromatic N) is 3. The molecule has 1 aliphatic rings. The van der Waals surface area contributed by atoms with Crippen molar-refractivity contribution in [2.24, 2.45) is 0 Å². The van der Waals surface area contributed by atoms with Crippen LogP contribution in [-0.4, -0.2) is 32.5 Å². The number of aromatic nitrogens is 3. The summed E-state index contributed by atoms with van der Waals surface area (Å²) in [6.45, 7) is 7.98. The Morgan fingerprint density at radius 3 is 2.50 bits per heavy atom. The van der Waals surface area contributed by atoms with Crippen LogP contribution >= 0.6 is 0 Å². The van der Waals surface area contributed by atoms with E-state index in [0.717, 1.165) is 16.8 Å². The van der Waals surface area contributed by atoms with Crippen LogP contribution in [0.5, 0.6) is 0 Å². The van der Waals surface area contributed by atoms with E-state index in [4.69, 9.17) is 0 Å². The van der Waals surface area contributed by atoms with Crippen LogP contribution in [0.15, 0.2) is 48.5 Å². The largest absolute Gasteiger partial charge is 0.319 e. The zero-order valence-electron chi connectivity index (χ0n) is 19.9. The van der Waals surface area contributed by atoms with Crippen molar-refractivity contribution in [2.45, 2.75) is 58.3 Å². The number of carbonyl (C=O) groups excluding carboxylic acids is 3. The molecule has 1 saturated heterocycles. The summed E-state index contributed by atoms with van der Waals surface area (Å²) >= 11 is 0. The molecule has 176 valence electrons. The molecule has 0 bridgehead atoms. The molecule has 2 N–H and O–H groups in total. The van der Waals surface area contributed by atoms with Crippen molar-refractivity contribution >= 4 is 23.4 Å². The van der Waals surface area contributed by atoms with Gasteiger partial charge in [0.15, 0.2) is 0 Å². The van der Waals surface area contributed by atoms with Gasteiger partial charge in [0, 0.05) is 12.1 Å². The van der Waals surface area contributed by atoms with Crippen LogP contribution in [0.4, 0.5) is 5.69 Å². The van der Waals surface area contributed by atoms with Crippen LogP contribution in [0.2, 0.25) is 0 Å². The van der Waals surface area contributed by atoms with Gasteiger partial charge in [0.25, 0.3) is 5.91 Å². The van der Waals surface area contributed by atoms with E-state index in [1.807, 2.05) is 50.2 Å². The lowest BCUT2D eigenvalue weighted by atomic mass is 9.72. The van der Waals surface area contributed by atoms with Crippen LogP contribution in [0.25, 0.3) is 5.69 Å². The maximum Gasteiger partial charge on any atom is 0.295 e. The van der Waals surface area contributed by atoms with Gasteiger partial charge in [-0.05, 0) is 55.0 Å². The standard InChI is InChI=1S/C26H29N5O3/c1-5-26(15-14-22(32)29-25(26)34)18-10-12-19(13-11-18)28-24(33)23-27-17(4)31(30-23)21-9-7-6-8-20(21)16(2)3/h6-13,16H,5,14-15H2,1-4H3,(H,28,33)(H,29,32,34). The first-order chi connectivity index (χ1) is 16.2. The van der Waals surface area contributed by atoms with Gasteiger partial charge in [-0.2, -0.15) is 0 Å². The van der Waals surface area contributed by atoms with Gasteiger partial charge >= 0.3 is 0 Å². The highest BCUT2D eigenvalue weighted by Gasteiger charge is 2.42. The van der Waals surface area contributed by atoms with Crippen LogP contribution < -0.4 is 10.6 Å². The molecule has 8 nitrogen and oxygen atoms in total. The van der Waals surface area contributed by atoms with E-state index >= 15 is 0 Å². The highest BCUT2D eigenvalue weighted by Crippen LogP contribution is 2.36. The number of piperidine rings is 1. The summed E-state index contributed by atoms with van der Waals surface area (Å²) in [5.74, 6) is 0.0759. The van der Waals surface area contributed by atoms with Crippen molar-refractivity contribution in [1.29, 1.82) is 0 Å². The van der Waals surface area contributed by atoms with Gasteiger partial charge in [-0.1, -0.05) is 51.1 Å². The third kappa shape index (κ3) is 4.23. The Hall–Kier alpha value is -3.81. The Kier molecular flexibility index (Phi) is 6.32. The lowest BCUT2D eigenvalue weighted by Crippen LogP contribution is -2.51. The molecule has 0 aliphatic carbocycles. The SMILES string of the molecule is CCC1(c2ccc(NC(=O)c3nc(C)n(-c4ccccc4C(C)C)n3)cc2)CCC(=O)NC1=O.